The van der Waals surface area contributed by atoms with E-state index in [1.54, 1.807) is 6.21 Å². The first-order valence-corrected chi connectivity index (χ1v) is 6.44. The molecule has 0 aliphatic heterocycles. The number of rotatable bonds is 3. The van der Waals surface area contributed by atoms with Crippen LogP contribution in [0.15, 0.2) is 47.7 Å². The Hall–Kier alpha value is -3.22. The molecule has 102 valence electrons. The second kappa shape index (κ2) is 4.71. The van der Waals surface area contributed by atoms with Gasteiger partial charge in [-0.05, 0) is 18.2 Å². The van der Waals surface area contributed by atoms with Crippen molar-refractivity contribution in [1.29, 1.82) is 0 Å². The summed E-state index contributed by atoms with van der Waals surface area (Å²) in [5, 5.41) is 13.3. The quantitative estimate of drug-likeness (QED) is 0.395. The van der Waals surface area contributed by atoms with Crippen molar-refractivity contribution in [2.75, 3.05) is 5.43 Å². The molecule has 0 aliphatic carbocycles. The minimum Gasteiger partial charge on any atom is -0.360 e. The molecular formula is C14H11N7. The summed E-state index contributed by atoms with van der Waals surface area (Å²) in [6, 6.07) is 11.7. The normalized spacial score (nSPS) is 11.6. The zero-order valence-corrected chi connectivity index (χ0v) is 10.9. The number of H-pyrrole nitrogens is 2. The summed E-state index contributed by atoms with van der Waals surface area (Å²) >= 11 is 0. The van der Waals surface area contributed by atoms with E-state index in [0.29, 0.717) is 11.6 Å². The molecule has 3 heterocycles. The molecule has 0 spiro atoms. The highest BCUT2D eigenvalue weighted by Crippen LogP contribution is 2.21. The number of para-hydroxylation sites is 1. The number of benzene rings is 1. The van der Waals surface area contributed by atoms with E-state index in [9.17, 15) is 0 Å². The first-order valence-electron chi connectivity index (χ1n) is 6.44. The van der Waals surface area contributed by atoms with Gasteiger partial charge in [0.05, 0.1) is 11.9 Å². The SMILES string of the molecule is C(=N/Nc1nnc2c(n1)[nH]c1ccccc12)/c1ccc[nH]1. The smallest absolute Gasteiger partial charge is 0.265 e. The first kappa shape index (κ1) is 11.6. The number of aromatic amines is 2. The first-order chi connectivity index (χ1) is 10.4. The molecule has 7 nitrogen and oxygen atoms in total. The molecule has 0 atom stereocenters. The zero-order valence-electron chi connectivity index (χ0n) is 10.9. The van der Waals surface area contributed by atoms with Crippen molar-refractivity contribution in [2.24, 2.45) is 5.10 Å². The molecule has 0 saturated heterocycles. The van der Waals surface area contributed by atoms with Gasteiger partial charge >= 0.3 is 0 Å². The monoisotopic (exact) mass is 277 g/mol. The fourth-order valence-electron chi connectivity index (χ4n) is 2.15. The van der Waals surface area contributed by atoms with Crippen LogP contribution >= 0.6 is 0 Å². The van der Waals surface area contributed by atoms with Gasteiger partial charge in [-0.15, -0.1) is 10.2 Å². The summed E-state index contributed by atoms with van der Waals surface area (Å²) in [5.74, 6) is 0.344. The zero-order chi connectivity index (χ0) is 14.1. The average molecular weight is 277 g/mol. The summed E-state index contributed by atoms with van der Waals surface area (Å²) in [4.78, 5) is 10.6. The minimum atomic E-state index is 0.344. The van der Waals surface area contributed by atoms with Crippen LogP contribution in [0, 0.1) is 0 Å². The highest BCUT2D eigenvalue weighted by atomic mass is 15.4. The average Bonchev–Trinajstić information content (AvgIpc) is 3.13. The van der Waals surface area contributed by atoms with Crippen molar-refractivity contribution in [3.8, 4) is 0 Å². The Morgan fingerprint density at radius 3 is 2.95 bits per heavy atom. The number of anilines is 1. The molecule has 0 unspecified atom stereocenters. The molecule has 1 aromatic carbocycles. The maximum Gasteiger partial charge on any atom is 0.265 e. The maximum atomic E-state index is 4.37. The highest BCUT2D eigenvalue weighted by molar-refractivity contribution is 6.03. The molecule has 0 radical (unpaired) electrons. The van der Waals surface area contributed by atoms with Gasteiger partial charge in [-0.2, -0.15) is 10.1 Å². The third kappa shape index (κ3) is 2.10. The molecule has 0 fully saturated rings. The van der Waals surface area contributed by atoms with Gasteiger partial charge in [-0.3, -0.25) is 0 Å². The van der Waals surface area contributed by atoms with Gasteiger partial charge in [-0.1, -0.05) is 18.2 Å². The lowest BCUT2D eigenvalue weighted by Gasteiger charge is -1.96. The fourth-order valence-corrected chi connectivity index (χ4v) is 2.15. The van der Waals surface area contributed by atoms with Crippen LogP contribution in [0.1, 0.15) is 5.69 Å². The van der Waals surface area contributed by atoms with Crippen molar-refractivity contribution in [2.45, 2.75) is 0 Å². The standard InChI is InChI=1S/C14H11N7/c1-2-6-11-10(5-1)12-13(17-11)18-14(21-19-12)20-16-8-9-4-3-7-15-9/h1-8,15H,(H2,17,18,20,21)/b16-8-. The lowest BCUT2D eigenvalue weighted by molar-refractivity contribution is 1.01. The number of hydrogen-bond donors (Lipinski definition) is 3. The van der Waals surface area contributed by atoms with E-state index < -0.39 is 0 Å². The van der Waals surface area contributed by atoms with Gasteiger partial charge in [0, 0.05) is 17.1 Å². The van der Waals surface area contributed by atoms with Crippen LogP contribution in [0.2, 0.25) is 0 Å². The van der Waals surface area contributed by atoms with Crippen molar-refractivity contribution in [3.05, 3.63) is 48.3 Å². The van der Waals surface area contributed by atoms with Gasteiger partial charge < -0.3 is 9.97 Å². The Bertz CT molecular complexity index is 921. The van der Waals surface area contributed by atoms with E-state index >= 15 is 0 Å². The fraction of sp³-hybridized carbons (Fsp3) is 0. The number of hydrogen-bond acceptors (Lipinski definition) is 5. The third-order valence-electron chi connectivity index (χ3n) is 3.11. The molecular weight excluding hydrogens is 266 g/mol. The van der Waals surface area contributed by atoms with E-state index in [-0.39, 0.29) is 0 Å². The molecule has 3 aromatic heterocycles. The highest BCUT2D eigenvalue weighted by Gasteiger charge is 2.07. The Labute approximate surface area is 119 Å². The van der Waals surface area contributed by atoms with Crippen LogP contribution in [-0.2, 0) is 0 Å². The van der Waals surface area contributed by atoms with E-state index in [0.717, 1.165) is 22.1 Å². The van der Waals surface area contributed by atoms with Crippen LogP contribution in [0.25, 0.3) is 22.1 Å². The van der Waals surface area contributed by atoms with Crippen LogP contribution in [-0.4, -0.2) is 31.4 Å². The largest absolute Gasteiger partial charge is 0.360 e. The van der Waals surface area contributed by atoms with Crippen LogP contribution in [0.4, 0.5) is 5.95 Å². The van der Waals surface area contributed by atoms with E-state index in [1.165, 1.54) is 0 Å². The van der Waals surface area contributed by atoms with Crippen molar-refractivity contribution >= 4 is 34.2 Å². The molecule has 7 heteroatoms. The topological polar surface area (TPSA) is 94.6 Å². The van der Waals surface area contributed by atoms with Crippen LogP contribution in [0.5, 0.6) is 0 Å². The molecule has 21 heavy (non-hydrogen) atoms. The summed E-state index contributed by atoms with van der Waals surface area (Å²) in [5.41, 5.74) is 6.08. The van der Waals surface area contributed by atoms with Gasteiger partial charge in [0.15, 0.2) is 5.65 Å². The van der Waals surface area contributed by atoms with E-state index in [2.05, 4.69) is 35.7 Å². The maximum absolute atomic E-state index is 4.37. The molecule has 0 saturated carbocycles. The lowest BCUT2D eigenvalue weighted by atomic mass is 10.2. The van der Waals surface area contributed by atoms with Crippen LogP contribution < -0.4 is 5.43 Å². The van der Waals surface area contributed by atoms with Gasteiger partial charge in [-0.25, -0.2) is 5.43 Å². The number of nitrogens with one attached hydrogen (secondary N) is 3. The molecule has 4 rings (SSSR count). The van der Waals surface area contributed by atoms with Crippen molar-refractivity contribution < 1.29 is 0 Å². The molecule has 3 N–H and O–H groups in total. The van der Waals surface area contributed by atoms with Crippen molar-refractivity contribution in [3.63, 3.8) is 0 Å². The minimum absolute atomic E-state index is 0.344. The Morgan fingerprint density at radius 2 is 2.05 bits per heavy atom. The lowest BCUT2D eigenvalue weighted by Crippen LogP contribution is -1.99. The Balaban J connectivity index is 1.66. The predicted octanol–water partition coefficient (Wildman–Crippen LogP) is 2.28. The number of fused-ring (bicyclic) bond motifs is 3. The Morgan fingerprint density at radius 1 is 1.10 bits per heavy atom. The van der Waals surface area contributed by atoms with Gasteiger partial charge in [0.2, 0.25) is 0 Å². The number of aromatic nitrogens is 5. The Kier molecular flexibility index (Phi) is 2.60. The molecule has 0 amide bonds. The van der Waals surface area contributed by atoms with E-state index in [1.807, 2.05) is 42.6 Å². The predicted molar refractivity (Wildman–Crippen MR) is 81.2 cm³/mol. The second-order valence-electron chi connectivity index (χ2n) is 4.50. The number of nitrogens with zero attached hydrogens (tertiary/aromatic N) is 4. The van der Waals surface area contributed by atoms with E-state index in [4.69, 9.17) is 0 Å². The summed E-state index contributed by atoms with van der Waals surface area (Å²) in [6.07, 6.45) is 3.48. The molecule has 0 aliphatic rings. The third-order valence-corrected chi connectivity index (χ3v) is 3.11. The molecule has 4 aromatic rings. The summed E-state index contributed by atoms with van der Waals surface area (Å²) in [7, 11) is 0. The van der Waals surface area contributed by atoms with Crippen molar-refractivity contribution in [1.82, 2.24) is 25.1 Å². The molecule has 0 bridgehead atoms. The summed E-state index contributed by atoms with van der Waals surface area (Å²) in [6.45, 7) is 0. The second-order valence-corrected chi connectivity index (χ2v) is 4.50. The number of hydrazone groups is 1. The summed E-state index contributed by atoms with van der Waals surface area (Å²) < 4.78 is 0. The van der Waals surface area contributed by atoms with Gasteiger partial charge in [0.25, 0.3) is 5.95 Å². The van der Waals surface area contributed by atoms with Crippen LogP contribution in [0.3, 0.4) is 0 Å². The van der Waals surface area contributed by atoms with Gasteiger partial charge in [0.1, 0.15) is 5.52 Å².